The van der Waals surface area contributed by atoms with Crippen molar-refractivity contribution in [2.24, 2.45) is 5.73 Å². The highest BCUT2D eigenvalue weighted by Crippen LogP contribution is 2.21. The summed E-state index contributed by atoms with van der Waals surface area (Å²) < 4.78 is 13.2. The molecule has 1 heterocycles. The van der Waals surface area contributed by atoms with Crippen LogP contribution < -0.4 is 10.6 Å². The predicted molar refractivity (Wildman–Crippen MR) is 69.3 cm³/mol. The number of aromatic nitrogens is 2. The van der Waals surface area contributed by atoms with Gasteiger partial charge in [0.15, 0.2) is 0 Å². The lowest BCUT2D eigenvalue weighted by atomic mass is 10.3. The number of nitrogens with zero attached hydrogens (tertiary/aromatic N) is 3. The van der Waals surface area contributed by atoms with Crippen molar-refractivity contribution in [3.8, 4) is 0 Å². The van der Waals surface area contributed by atoms with Gasteiger partial charge in [-0.15, -0.1) is 0 Å². The highest BCUT2D eigenvalue weighted by atomic mass is 19.1. The Morgan fingerprint density at radius 3 is 2.89 bits per heavy atom. The molecule has 0 unspecified atom stereocenters. The Hall–Kier alpha value is -2.01. The molecule has 2 N–H and O–H groups in total. The third kappa shape index (κ3) is 2.81. The minimum absolute atomic E-state index is 0.268. The van der Waals surface area contributed by atoms with Crippen molar-refractivity contribution in [2.45, 2.75) is 6.42 Å². The molecule has 1 aromatic carbocycles. The van der Waals surface area contributed by atoms with Gasteiger partial charge in [0.1, 0.15) is 17.5 Å². The summed E-state index contributed by atoms with van der Waals surface area (Å²) >= 11 is 0. The number of hydrogen-bond acceptors (Lipinski definition) is 4. The van der Waals surface area contributed by atoms with Crippen LogP contribution >= 0.6 is 0 Å². The van der Waals surface area contributed by atoms with E-state index in [9.17, 15) is 4.39 Å². The van der Waals surface area contributed by atoms with Crippen LogP contribution in [0.1, 0.15) is 5.82 Å². The zero-order chi connectivity index (χ0) is 13.0. The largest absolute Gasteiger partial charge is 0.330 e. The first-order valence-electron chi connectivity index (χ1n) is 5.72. The first-order chi connectivity index (χ1) is 8.70. The summed E-state index contributed by atoms with van der Waals surface area (Å²) in [6.07, 6.45) is 2.31. The minimum Gasteiger partial charge on any atom is -0.330 e. The molecule has 0 aliphatic rings. The van der Waals surface area contributed by atoms with Crippen molar-refractivity contribution >= 4 is 11.5 Å². The summed E-state index contributed by atoms with van der Waals surface area (Å²) in [5, 5.41) is 0. The van der Waals surface area contributed by atoms with E-state index in [1.807, 2.05) is 18.0 Å². The minimum atomic E-state index is -0.268. The van der Waals surface area contributed by atoms with E-state index < -0.39 is 0 Å². The molecule has 2 aromatic rings. The third-order valence-corrected chi connectivity index (χ3v) is 2.60. The van der Waals surface area contributed by atoms with Crippen LogP contribution in [-0.2, 0) is 6.42 Å². The molecule has 0 aliphatic heterocycles. The van der Waals surface area contributed by atoms with E-state index in [4.69, 9.17) is 5.73 Å². The van der Waals surface area contributed by atoms with E-state index in [0.29, 0.717) is 18.8 Å². The topological polar surface area (TPSA) is 55.0 Å². The number of rotatable bonds is 4. The second-order valence-electron chi connectivity index (χ2n) is 3.91. The maximum absolute atomic E-state index is 13.2. The van der Waals surface area contributed by atoms with Gasteiger partial charge in [-0.2, -0.15) is 0 Å². The molecule has 5 heteroatoms. The van der Waals surface area contributed by atoms with Gasteiger partial charge in [-0.25, -0.2) is 14.4 Å². The monoisotopic (exact) mass is 246 g/mol. The zero-order valence-corrected chi connectivity index (χ0v) is 10.2. The van der Waals surface area contributed by atoms with Crippen molar-refractivity contribution in [1.82, 2.24) is 9.97 Å². The average molecular weight is 246 g/mol. The average Bonchev–Trinajstić information content (AvgIpc) is 2.39. The molecule has 0 radical (unpaired) electrons. The van der Waals surface area contributed by atoms with Crippen molar-refractivity contribution < 1.29 is 4.39 Å². The molecular weight excluding hydrogens is 231 g/mol. The fraction of sp³-hybridized carbons (Fsp3) is 0.231. The number of nitrogens with two attached hydrogens (primary N) is 1. The maximum Gasteiger partial charge on any atom is 0.136 e. The van der Waals surface area contributed by atoms with Gasteiger partial charge in [0.05, 0.1) is 0 Å². The Morgan fingerprint density at radius 1 is 1.33 bits per heavy atom. The molecule has 0 fully saturated rings. The smallest absolute Gasteiger partial charge is 0.136 e. The van der Waals surface area contributed by atoms with Crippen LogP contribution in [0.5, 0.6) is 0 Å². The molecule has 0 amide bonds. The van der Waals surface area contributed by atoms with Crippen LogP contribution in [0.4, 0.5) is 15.9 Å². The molecule has 0 bridgehead atoms. The summed E-state index contributed by atoms with van der Waals surface area (Å²) in [6, 6.07) is 8.16. The van der Waals surface area contributed by atoms with Gasteiger partial charge in [0, 0.05) is 25.4 Å². The highest BCUT2D eigenvalue weighted by molar-refractivity contribution is 5.58. The Labute approximate surface area is 105 Å². The summed E-state index contributed by atoms with van der Waals surface area (Å²) in [5.74, 6) is 1.15. The summed E-state index contributed by atoms with van der Waals surface area (Å²) in [7, 11) is 1.84. The van der Waals surface area contributed by atoms with Crippen molar-refractivity contribution in [1.29, 1.82) is 0 Å². The van der Waals surface area contributed by atoms with Crippen molar-refractivity contribution in [3.05, 3.63) is 48.2 Å². The summed E-state index contributed by atoms with van der Waals surface area (Å²) in [6.45, 7) is 0.507. The van der Waals surface area contributed by atoms with E-state index in [0.717, 1.165) is 11.5 Å². The van der Waals surface area contributed by atoms with E-state index in [1.54, 1.807) is 18.3 Å². The lowest BCUT2D eigenvalue weighted by Gasteiger charge is -2.18. The van der Waals surface area contributed by atoms with Crippen molar-refractivity contribution in [3.63, 3.8) is 0 Å². The van der Waals surface area contributed by atoms with Crippen LogP contribution in [0.2, 0.25) is 0 Å². The Balaban J connectivity index is 2.27. The van der Waals surface area contributed by atoms with Crippen LogP contribution in [0.25, 0.3) is 0 Å². The van der Waals surface area contributed by atoms with Gasteiger partial charge < -0.3 is 10.6 Å². The fourth-order valence-corrected chi connectivity index (χ4v) is 1.64. The Kier molecular flexibility index (Phi) is 3.84. The molecule has 2 rings (SSSR count). The zero-order valence-electron chi connectivity index (χ0n) is 10.2. The van der Waals surface area contributed by atoms with E-state index in [1.165, 1.54) is 12.1 Å². The molecule has 0 saturated carbocycles. The molecule has 4 nitrogen and oxygen atoms in total. The van der Waals surface area contributed by atoms with Gasteiger partial charge >= 0.3 is 0 Å². The predicted octanol–water partition coefficient (Wildman–Crippen LogP) is 1.88. The second-order valence-corrected chi connectivity index (χ2v) is 3.91. The van der Waals surface area contributed by atoms with Crippen LogP contribution in [-0.4, -0.2) is 23.6 Å². The van der Waals surface area contributed by atoms with Crippen LogP contribution in [0.15, 0.2) is 36.5 Å². The number of benzene rings is 1. The SMILES string of the molecule is CN(c1cccc(F)c1)c1ccnc(CCN)n1. The van der Waals surface area contributed by atoms with Gasteiger partial charge in [0.2, 0.25) is 0 Å². The quantitative estimate of drug-likeness (QED) is 0.895. The lowest BCUT2D eigenvalue weighted by Crippen LogP contribution is -2.14. The van der Waals surface area contributed by atoms with Gasteiger partial charge in [0.25, 0.3) is 0 Å². The lowest BCUT2D eigenvalue weighted by molar-refractivity contribution is 0.628. The normalized spacial score (nSPS) is 10.4. The fourth-order valence-electron chi connectivity index (χ4n) is 1.64. The van der Waals surface area contributed by atoms with Gasteiger partial charge in [-0.3, -0.25) is 0 Å². The number of anilines is 2. The number of hydrogen-bond donors (Lipinski definition) is 1. The standard InChI is InChI=1S/C13H15FN4/c1-18(11-4-2-3-10(14)9-11)13-6-8-16-12(17-13)5-7-15/h2-4,6,8-9H,5,7,15H2,1H3. The molecule has 0 atom stereocenters. The molecule has 0 spiro atoms. The van der Waals surface area contributed by atoms with E-state index in [-0.39, 0.29) is 5.82 Å². The molecular formula is C13H15FN4. The Bertz CT molecular complexity index is 530. The van der Waals surface area contributed by atoms with Gasteiger partial charge in [-0.05, 0) is 30.8 Å². The van der Waals surface area contributed by atoms with E-state index in [2.05, 4.69) is 9.97 Å². The Morgan fingerprint density at radius 2 is 2.17 bits per heavy atom. The molecule has 1 aromatic heterocycles. The molecule has 0 aliphatic carbocycles. The first kappa shape index (κ1) is 12.4. The molecule has 94 valence electrons. The van der Waals surface area contributed by atoms with Crippen LogP contribution in [0, 0.1) is 5.82 Å². The number of halogens is 1. The third-order valence-electron chi connectivity index (χ3n) is 2.60. The summed E-state index contributed by atoms with van der Waals surface area (Å²) in [4.78, 5) is 10.3. The second kappa shape index (κ2) is 5.55. The van der Waals surface area contributed by atoms with E-state index >= 15 is 0 Å². The van der Waals surface area contributed by atoms with Crippen molar-refractivity contribution in [2.75, 3.05) is 18.5 Å². The van der Waals surface area contributed by atoms with Gasteiger partial charge in [-0.1, -0.05) is 6.07 Å². The maximum atomic E-state index is 13.2. The molecule has 18 heavy (non-hydrogen) atoms. The van der Waals surface area contributed by atoms with Crippen LogP contribution in [0.3, 0.4) is 0 Å². The first-order valence-corrected chi connectivity index (χ1v) is 5.72. The molecule has 0 saturated heterocycles. The summed E-state index contributed by atoms with van der Waals surface area (Å²) in [5.41, 5.74) is 6.22. The highest BCUT2D eigenvalue weighted by Gasteiger charge is 2.07.